The lowest BCUT2D eigenvalue weighted by molar-refractivity contribution is 0.359. The number of aromatic nitrogens is 3. The second-order valence-electron chi connectivity index (χ2n) is 6.46. The number of para-hydroxylation sites is 1. The molecule has 0 radical (unpaired) electrons. The van der Waals surface area contributed by atoms with Gasteiger partial charge in [0, 0.05) is 23.4 Å². The molecule has 0 aliphatic carbocycles. The van der Waals surface area contributed by atoms with Crippen LogP contribution in [0, 0.1) is 0 Å². The van der Waals surface area contributed by atoms with E-state index in [0.717, 1.165) is 5.56 Å². The highest BCUT2D eigenvalue weighted by molar-refractivity contribution is 7.88. The van der Waals surface area contributed by atoms with E-state index in [9.17, 15) is 8.42 Å². The lowest BCUT2D eigenvalue weighted by atomic mass is 10.2. The van der Waals surface area contributed by atoms with Crippen LogP contribution in [0.4, 0.5) is 0 Å². The molecule has 2 aromatic carbocycles. The van der Waals surface area contributed by atoms with Crippen LogP contribution < -0.4 is 4.72 Å². The Hall–Kier alpha value is -3.04. The summed E-state index contributed by atoms with van der Waals surface area (Å²) in [5.74, 6) is 0.289. The summed E-state index contributed by atoms with van der Waals surface area (Å²) in [6.45, 7) is 1.95. The maximum Gasteiger partial charge on any atom is 0.231 e. The Bertz CT molecular complexity index is 1180. The minimum absolute atomic E-state index is 0.133. The Morgan fingerprint density at radius 1 is 1.00 bits per heavy atom. The van der Waals surface area contributed by atoms with Gasteiger partial charge in [0.1, 0.15) is 11.4 Å². The van der Waals surface area contributed by atoms with Crippen LogP contribution in [0.2, 0.25) is 0 Å². The van der Waals surface area contributed by atoms with Crippen molar-refractivity contribution in [3.05, 3.63) is 66.2 Å². The molecule has 2 heterocycles. The van der Waals surface area contributed by atoms with Crippen molar-refractivity contribution < 1.29 is 17.5 Å². The molecule has 4 aromatic rings. The third-order valence-corrected chi connectivity index (χ3v) is 5.54. The first kappa shape index (κ1) is 18.3. The van der Waals surface area contributed by atoms with E-state index in [-0.39, 0.29) is 18.2 Å². The summed E-state index contributed by atoms with van der Waals surface area (Å²) < 4.78 is 37.9. The molecule has 0 saturated carbocycles. The van der Waals surface area contributed by atoms with E-state index in [4.69, 9.17) is 9.05 Å². The first-order chi connectivity index (χ1) is 13.5. The van der Waals surface area contributed by atoms with E-state index in [1.54, 1.807) is 18.2 Å². The molecule has 0 bridgehead atoms. The van der Waals surface area contributed by atoms with Gasteiger partial charge in [0.2, 0.25) is 21.7 Å². The summed E-state index contributed by atoms with van der Waals surface area (Å²) in [6.07, 6.45) is 0. The smallest absolute Gasteiger partial charge is 0.231 e. The Morgan fingerprint density at radius 2 is 1.75 bits per heavy atom. The van der Waals surface area contributed by atoms with Gasteiger partial charge in [-0.2, -0.15) is 4.98 Å². The van der Waals surface area contributed by atoms with E-state index >= 15 is 0 Å². The number of nitrogens with one attached hydrogen (secondary N) is 1. The van der Waals surface area contributed by atoms with Crippen molar-refractivity contribution in [1.29, 1.82) is 0 Å². The highest BCUT2D eigenvalue weighted by atomic mass is 32.2. The monoisotopic (exact) mass is 398 g/mol. The lowest BCUT2D eigenvalue weighted by Gasteiger charge is -2.08. The van der Waals surface area contributed by atoms with Crippen LogP contribution in [0.1, 0.15) is 24.4 Å². The van der Waals surface area contributed by atoms with Crippen molar-refractivity contribution in [2.24, 2.45) is 0 Å². The average molecular weight is 398 g/mol. The van der Waals surface area contributed by atoms with E-state index in [1.165, 1.54) is 0 Å². The molecule has 0 aliphatic rings. The van der Waals surface area contributed by atoms with Gasteiger partial charge in [0.05, 0.1) is 0 Å². The lowest BCUT2D eigenvalue weighted by Crippen LogP contribution is -2.29. The molecular weight excluding hydrogens is 380 g/mol. The van der Waals surface area contributed by atoms with Crippen LogP contribution in [0.3, 0.4) is 0 Å². The van der Waals surface area contributed by atoms with Crippen LogP contribution in [-0.4, -0.2) is 30.3 Å². The molecule has 0 saturated heterocycles. The van der Waals surface area contributed by atoms with Crippen molar-refractivity contribution >= 4 is 21.0 Å². The van der Waals surface area contributed by atoms with Gasteiger partial charge in [-0.15, -0.1) is 0 Å². The SMILES string of the molecule is CC(CNS(=O)(=O)Cc1noc2ccccc12)c1nc(-c2ccccc2)no1. The van der Waals surface area contributed by atoms with Crippen LogP contribution in [-0.2, 0) is 15.8 Å². The maximum absolute atomic E-state index is 12.4. The van der Waals surface area contributed by atoms with Crippen molar-refractivity contribution in [3.8, 4) is 11.4 Å². The second kappa shape index (κ2) is 7.53. The predicted molar refractivity (Wildman–Crippen MR) is 103 cm³/mol. The highest BCUT2D eigenvalue weighted by Gasteiger charge is 2.21. The first-order valence-electron chi connectivity index (χ1n) is 8.71. The van der Waals surface area contributed by atoms with Gasteiger partial charge in [0.15, 0.2) is 5.58 Å². The zero-order chi connectivity index (χ0) is 19.6. The highest BCUT2D eigenvalue weighted by Crippen LogP contribution is 2.21. The number of fused-ring (bicyclic) bond motifs is 1. The molecule has 0 spiro atoms. The van der Waals surface area contributed by atoms with Crippen LogP contribution in [0.15, 0.2) is 63.6 Å². The van der Waals surface area contributed by atoms with E-state index in [1.807, 2.05) is 43.3 Å². The molecule has 4 rings (SSSR count). The van der Waals surface area contributed by atoms with Gasteiger partial charge < -0.3 is 9.05 Å². The summed E-state index contributed by atoms with van der Waals surface area (Å²) >= 11 is 0. The van der Waals surface area contributed by atoms with Gasteiger partial charge in [-0.1, -0.05) is 59.7 Å². The number of hydrogen-bond donors (Lipinski definition) is 1. The first-order valence-corrected chi connectivity index (χ1v) is 10.4. The predicted octanol–water partition coefficient (Wildman–Crippen LogP) is 3.10. The fraction of sp³-hybridized carbons (Fsp3) is 0.211. The molecule has 0 fully saturated rings. The van der Waals surface area contributed by atoms with E-state index in [0.29, 0.717) is 28.4 Å². The number of rotatable bonds is 7. The standard InChI is InChI=1S/C19H18N4O4S/c1-13(19-21-18(23-27-19)14-7-3-2-4-8-14)11-20-28(24,25)12-16-15-9-5-6-10-17(15)26-22-16/h2-10,13,20H,11-12H2,1H3. The molecule has 0 aliphatic heterocycles. The number of benzene rings is 2. The number of sulfonamides is 1. The summed E-state index contributed by atoms with van der Waals surface area (Å²) in [5, 5.41) is 8.51. The van der Waals surface area contributed by atoms with Crippen molar-refractivity contribution in [2.75, 3.05) is 6.54 Å². The molecule has 1 atom stereocenters. The normalized spacial score (nSPS) is 13.0. The van der Waals surface area contributed by atoms with Crippen LogP contribution in [0.25, 0.3) is 22.4 Å². The quantitative estimate of drug-likeness (QED) is 0.509. The molecule has 0 amide bonds. The molecule has 144 valence electrons. The van der Waals surface area contributed by atoms with Crippen LogP contribution in [0.5, 0.6) is 0 Å². The summed E-state index contributed by atoms with van der Waals surface area (Å²) in [7, 11) is -3.61. The Labute approximate surface area is 161 Å². The summed E-state index contributed by atoms with van der Waals surface area (Å²) in [4.78, 5) is 4.36. The Kier molecular flexibility index (Phi) is 4.93. The van der Waals surface area contributed by atoms with E-state index in [2.05, 4.69) is 20.0 Å². The van der Waals surface area contributed by atoms with Crippen molar-refractivity contribution in [3.63, 3.8) is 0 Å². The fourth-order valence-electron chi connectivity index (χ4n) is 2.75. The largest absolute Gasteiger partial charge is 0.356 e. The summed E-state index contributed by atoms with van der Waals surface area (Å²) in [6, 6.07) is 16.6. The van der Waals surface area contributed by atoms with Gasteiger partial charge in [-0.25, -0.2) is 13.1 Å². The van der Waals surface area contributed by atoms with Gasteiger partial charge >= 0.3 is 0 Å². The van der Waals surface area contributed by atoms with Gasteiger partial charge in [-0.05, 0) is 12.1 Å². The fourth-order valence-corrected chi connectivity index (χ4v) is 3.93. The van der Waals surface area contributed by atoms with Crippen molar-refractivity contribution in [2.45, 2.75) is 18.6 Å². The minimum atomic E-state index is -3.61. The van der Waals surface area contributed by atoms with Crippen LogP contribution >= 0.6 is 0 Å². The second-order valence-corrected chi connectivity index (χ2v) is 8.26. The molecule has 8 nitrogen and oxygen atoms in total. The molecule has 9 heteroatoms. The third-order valence-electron chi connectivity index (χ3n) is 4.28. The zero-order valence-corrected chi connectivity index (χ0v) is 15.9. The van der Waals surface area contributed by atoms with Gasteiger partial charge in [0.25, 0.3) is 0 Å². The molecular formula is C19H18N4O4S. The molecule has 1 N–H and O–H groups in total. The summed E-state index contributed by atoms with van der Waals surface area (Å²) in [5.41, 5.74) is 1.77. The Balaban J connectivity index is 1.41. The molecule has 28 heavy (non-hydrogen) atoms. The van der Waals surface area contributed by atoms with Gasteiger partial charge in [-0.3, -0.25) is 0 Å². The van der Waals surface area contributed by atoms with Crippen molar-refractivity contribution in [1.82, 2.24) is 20.0 Å². The third kappa shape index (κ3) is 3.95. The van der Waals surface area contributed by atoms with E-state index < -0.39 is 10.0 Å². The number of nitrogens with zero attached hydrogens (tertiary/aromatic N) is 3. The Morgan fingerprint density at radius 3 is 2.57 bits per heavy atom. The average Bonchev–Trinajstić information content (AvgIpc) is 3.35. The molecule has 2 aromatic heterocycles. The topological polar surface area (TPSA) is 111 Å². The minimum Gasteiger partial charge on any atom is -0.356 e. The number of hydrogen-bond acceptors (Lipinski definition) is 7. The maximum atomic E-state index is 12.4. The molecule has 1 unspecified atom stereocenters. The zero-order valence-electron chi connectivity index (χ0n) is 15.1.